The fourth-order valence-corrected chi connectivity index (χ4v) is 1.73. The van der Waals surface area contributed by atoms with Gasteiger partial charge in [0.15, 0.2) is 6.10 Å². The van der Waals surface area contributed by atoms with Crippen molar-refractivity contribution in [1.82, 2.24) is 0 Å². The van der Waals surface area contributed by atoms with Crippen LogP contribution in [0.15, 0.2) is 0 Å². The van der Waals surface area contributed by atoms with Gasteiger partial charge in [0.2, 0.25) is 6.10 Å². The minimum Gasteiger partial charge on any atom is -0.459 e. The van der Waals surface area contributed by atoms with E-state index in [1.165, 1.54) is 21.0 Å². The molecule has 0 aliphatic heterocycles. The molecule has 0 aromatic carbocycles. The van der Waals surface area contributed by atoms with Gasteiger partial charge in [-0.2, -0.15) is 5.26 Å². The van der Waals surface area contributed by atoms with E-state index in [0.717, 1.165) is 13.8 Å². The summed E-state index contributed by atoms with van der Waals surface area (Å²) in [6.07, 6.45) is -4.39. The Morgan fingerprint density at radius 3 is 1.71 bits per heavy atom. The van der Waals surface area contributed by atoms with Crippen molar-refractivity contribution in [3.8, 4) is 6.07 Å². The van der Waals surface area contributed by atoms with Crippen molar-refractivity contribution in [2.45, 2.75) is 52.1 Å². The van der Waals surface area contributed by atoms with Gasteiger partial charge in [-0.25, -0.2) is 0 Å². The third kappa shape index (κ3) is 6.72. The second-order valence-electron chi connectivity index (χ2n) is 4.25. The molecule has 0 heterocycles. The summed E-state index contributed by atoms with van der Waals surface area (Å²) in [7, 11) is 1.26. The number of hydrogen-bond donors (Lipinski definition) is 0. The number of methoxy groups -OCH3 is 1. The second kappa shape index (κ2) is 8.92. The van der Waals surface area contributed by atoms with E-state index in [4.69, 9.17) is 24.2 Å². The molecule has 21 heavy (non-hydrogen) atoms. The molecular formula is C13H19NO7. The molecule has 0 saturated heterocycles. The summed E-state index contributed by atoms with van der Waals surface area (Å²) in [4.78, 5) is 33.2. The molecule has 0 aromatic heterocycles. The van der Waals surface area contributed by atoms with E-state index in [0.29, 0.717) is 0 Å². The van der Waals surface area contributed by atoms with Crippen LogP contribution in [0.1, 0.15) is 27.7 Å². The lowest BCUT2D eigenvalue weighted by Crippen LogP contribution is -2.49. The fourth-order valence-electron chi connectivity index (χ4n) is 1.73. The predicted octanol–water partition coefficient (Wildman–Crippen LogP) is 0.340. The Hall–Kier alpha value is -2.14. The van der Waals surface area contributed by atoms with Gasteiger partial charge in [0, 0.05) is 27.9 Å². The Morgan fingerprint density at radius 1 is 0.905 bits per heavy atom. The molecule has 0 radical (unpaired) electrons. The highest BCUT2D eigenvalue weighted by Crippen LogP contribution is 2.17. The van der Waals surface area contributed by atoms with Gasteiger partial charge in [-0.05, 0) is 6.92 Å². The molecule has 0 aliphatic rings. The van der Waals surface area contributed by atoms with Crippen LogP contribution in [0.4, 0.5) is 0 Å². The van der Waals surface area contributed by atoms with E-state index in [1.807, 2.05) is 0 Å². The van der Waals surface area contributed by atoms with Crippen molar-refractivity contribution in [3.05, 3.63) is 0 Å². The summed E-state index contributed by atoms with van der Waals surface area (Å²) >= 11 is 0. The van der Waals surface area contributed by atoms with Gasteiger partial charge >= 0.3 is 17.9 Å². The zero-order valence-corrected chi connectivity index (χ0v) is 12.6. The molecule has 0 spiro atoms. The molecule has 0 aromatic rings. The number of carbonyl (C=O) groups excluding carboxylic acids is 3. The van der Waals surface area contributed by atoms with Crippen molar-refractivity contribution < 1.29 is 33.3 Å². The lowest BCUT2D eigenvalue weighted by atomic mass is 10.0. The summed E-state index contributed by atoms with van der Waals surface area (Å²) in [6, 6.07) is 1.75. The largest absolute Gasteiger partial charge is 0.459 e. The van der Waals surface area contributed by atoms with Gasteiger partial charge < -0.3 is 18.9 Å². The molecule has 0 N–H and O–H groups in total. The van der Waals surface area contributed by atoms with Crippen LogP contribution in [0.25, 0.3) is 0 Å². The van der Waals surface area contributed by atoms with Crippen LogP contribution in [0.3, 0.4) is 0 Å². The third-order valence-corrected chi connectivity index (χ3v) is 2.43. The minimum atomic E-state index is -1.31. The van der Waals surface area contributed by atoms with Crippen LogP contribution >= 0.6 is 0 Å². The van der Waals surface area contributed by atoms with Gasteiger partial charge in [0.25, 0.3) is 0 Å². The molecule has 0 unspecified atom stereocenters. The zero-order chi connectivity index (χ0) is 16.6. The van der Waals surface area contributed by atoms with Gasteiger partial charge in [0.1, 0.15) is 18.3 Å². The van der Waals surface area contributed by atoms with Crippen LogP contribution in [0.2, 0.25) is 0 Å². The first-order chi connectivity index (χ1) is 9.72. The highest BCUT2D eigenvalue weighted by atomic mass is 16.6. The molecule has 8 nitrogen and oxygen atoms in total. The van der Waals surface area contributed by atoms with Crippen LogP contribution in [0.5, 0.6) is 0 Å². The van der Waals surface area contributed by atoms with Gasteiger partial charge in [-0.3, -0.25) is 14.4 Å². The summed E-state index contributed by atoms with van der Waals surface area (Å²) in [6.45, 7) is 4.96. The predicted molar refractivity (Wildman–Crippen MR) is 68.7 cm³/mol. The highest BCUT2D eigenvalue weighted by Gasteiger charge is 2.39. The standard InChI is InChI=1S/C13H19NO7/c1-7(19-8(2)15)12(21-10(4)17)13(18-5)11(6-14)20-9(3)16/h7,11-13H,1-5H3/t7-,11+,12-,13-/m1/s1. The average Bonchev–Trinajstić information content (AvgIpc) is 2.35. The van der Waals surface area contributed by atoms with Gasteiger partial charge in [0.05, 0.1) is 0 Å². The maximum Gasteiger partial charge on any atom is 0.304 e. The Labute approximate surface area is 122 Å². The number of nitrogens with zero attached hydrogens (tertiary/aromatic N) is 1. The highest BCUT2D eigenvalue weighted by molar-refractivity contribution is 5.68. The zero-order valence-electron chi connectivity index (χ0n) is 12.6. The van der Waals surface area contributed by atoms with Crippen molar-refractivity contribution in [1.29, 1.82) is 5.26 Å². The fraction of sp³-hybridized carbons (Fsp3) is 0.692. The first-order valence-electron chi connectivity index (χ1n) is 6.17. The quantitative estimate of drug-likeness (QED) is 0.488. The number of carbonyl (C=O) groups is 3. The SMILES string of the molecule is CO[C@@H]([C@H](OC(C)=O)[C@@H](C)OC(C)=O)[C@H](C#N)OC(C)=O. The molecule has 0 fully saturated rings. The first kappa shape index (κ1) is 18.9. The van der Waals surface area contributed by atoms with E-state index < -0.39 is 42.3 Å². The smallest absolute Gasteiger partial charge is 0.304 e. The van der Waals surface area contributed by atoms with Crippen molar-refractivity contribution in [2.24, 2.45) is 0 Å². The molecule has 118 valence electrons. The monoisotopic (exact) mass is 301 g/mol. The summed E-state index contributed by atoms with van der Waals surface area (Å²) in [5.41, 5.74) is 0. The maximum absolute atomic E-state index is 11.2. The van der Waals surface area contributed by atoms with E-state index in [1.54, 1.807) is 6.07 Å². The van der Waals surface area contributed by atoms with Gasteiger partial charge in [-0.15, -0.1) is 0 Å². The minimum absolute atomic E-state index is 0.588. The van der Waals surface area contributed by atoms with Crippen LogP contribution in [0, 0.1) is 11.3 Å². The summed E-state index contributed by atoms with van der Waals surface area (Å²) in [5, 5.41) is 9.07. The van der Waals surface area contributed by atoms with E-state index in [2.05, 4.69) is 0 Å². The third-order valence-electron chi connectivity index (χ3n) is 2.43. The first-order valence-corrected chi connectivity index (χ1v) is 6.17. The number of rotatable bonds is 7. The normalized spacial score (nSPS) is 15.8. The Morgan fingerprint density at radius 2 is 1.38 bits per heavy atom. The van der Waals surface area contributed by atoms with Crippen molar-refractivity contribution in [3.63, 3.8) is 0 Å². The number of ether oxygens (including phenoxy) is 4. The lowest BCUT2D eigenvalue weighted by Gasteiger charge is -2.31. The topological polar surface area (TPSA) is 112 Å². The van der Waals surface area contributed by atoms with E-state index in [9.17, 15) is 14.4 Å². The van der Waals surface area contributed by atoms with E-state index in [-0.39, 0.29) is 0 Å². The van der Waals surface area contributed by atoms with Crippen LogP contribution in [-0.4, -0.2) is 49.4 Å². The van der Waals surface area contributed by atoms with Crippen LogP contribution < -0.4 is 0 Å². The van der Waals surface area contributed by atoms with Crippen LogP contribution in [-0.2, 0) is 33.3 Å². The van der Waals surface area contributed by atoms with Gasteiger partial charge in [-0.1, -0.05) is 0 Å². The molecule has 0 rings (SSSR count). The molecule has 8 heteroatoms. The molecule has 4 atom stereocenters. The molecular weight excluding hydrogens is 282 g/mol. The molecule has 0 bridgehead atoms. The maximum atomic E-state index is 11.2. The Bertz CT molecular complexity index is 429. The van der Waals surface area contributed by atoms with Crippen molar-refractivity contribution >= 4 is 17.9 Å². The van der Waals surface area contributed by atoms with Crippen molar-refractivity contribution in [2.75, 3.05) is 7.11 Å². The molecule has 0 amide bonds. The Balaban J connectivity index is 5.30. The lowest BCUT2D eigenvalue weighted by molar-refractivity contribution is -0.185. The average molecular weight is 301 g/mol. The number of nitriles is 1. The van der Waals surface area contributed by atoms with E-state index >= 15 is 0 Å². The molecule has 0 aliphatic carbocycles. The summed E-state index contributed by atoms with van der Waals surface area (Å²) < 4.78 is 19.9. The second-order valence-corrected chi connectivity index (χ2v) is 4.25. The number of esters is 3. The molecule has 0 saturated carbocycles. The Kier molecular flexibility index (Phi) is 8.01. The summed E-state index contributed by atoms with van der Waals surface area (Å²) in [5.74, 6) is -1.93. The number of hydrogen-bond acceptors (Lipinski definition) is 8.